The van der Waals surface area contributed by atoms with E-state index in [2.05, 4.69) is 63.6 Å². The summed E-state index contributed by atoms with van der Waals surface area (Å²) in [6.45, 7) is 5.61. The Hall–Kier alpha value is -4.03. The molecule has 1 amide bonds. The van der Waals surface area contributed by atoms with Gasteiger partial charge in [-0.2, -0.15) is 0 Å². The summed E-state index contributed by atoms with van der Waals surface area (Å²) in [6.07, 6.45) is 1.53. The number of anilines is 1. The molecule has 0 radical (unpaired) electrons. The van der Waals surface area contributed by atoms with Crippen molar-refractivity contribution in [2.75, 3.05) is 31.1 Å². The van der Waals surface area contributed by atoms with Gasteiger partial charge >= 0.3 is 0 Å². The number of ether oxygens (including phenoxy) is 1. The molecule has 2 heterocycles. The Morgan fingerprint density at radius 3 is 2.19 bits per heavy atom. The van der Waals surface area contributed by atoms with Crippen LogP contribution in [0.4, 0.5) is 5.69 Å². The average Bonchev–Trinajstić information content (AvgIpc) is 3.42. The van der Waals surface area contributed by atoms with Gasteiger partial charge in [0, 0.05) is 50.5 Å². The fraction of sp³-hybridized carbons (Fsp3) is 0.233. The third-order valence-electron chi connectivity index (χ3n) is 6.54. The largest absolute Gasteiger partial charge is 0.489 e. The summed E-state index contributed by atoms with van der Waals surface area (Å²) in [5.74, 6) is 0.807. The second-order valence-electron chi connectivity index (χ2n) is 8.93. The van der Waals surface area contributed by atoms with Crippen LogP contribution in [-0.4, -0.2) is 37.0 Å². The van der Waals surface area contributed by atoms with E-state index in [1.165, 1.54) is 17.5 Å². The summed E-state index contributed by atoms with van der Waals surface area (Å²) in [6, 6.07) is 30.2. The summed E-state index contributed by atoms with van der Waals surface area (Å²) in [4.78, 5) is 17.8. The molecule has 0 bridgehead atoms. The Morgan fingerprint density at radius 1 is 0.778 bits per heavy atom. The SMILES string of the molecule is O=C(NCc1ccccc1CN1CCN(c2ccccc2)CC1)c1occc1COc1ccccc1. The highest BCUT2D eigenvalue weighted by molar-refractivity contribution is 5.92. The number of nitrogens with zero attached hydrogens (tertiary/aromatic N) is 2. The first-order chi connectivity index (χ1) is 17.8. The predicted molar refractivity (Wildman–Crippen MR) is 141 cm³/mol. The van der Waals surface area contributed by atoms with Crippen LogP contribution in [0, 0.1) is 0 Å². The number of hydrogen-bond acceptors (Lipinski definition) is 5. The highest BCUT2D eigenvalue weighted by atomic mass is 16.5. The van der Waals surface area contributed by atoms with Gasteiger partial charge in [-0.1, -0.05) is 60.7 Å². The van der Waals surface area contributed by atoms with Crippen molar-refractivity contribution >= 4 is 11.6 Å². The molecule has 0 saturated carbocycles. The molecular weight excluding hydrogens is 450 g/mol. The Balaban J connectivity index is 1.15. The molecular formula is C30H31N3O3. The fourth-order valence-corrected chi connectivity index (χ4v) is 4.51. The standard InChI is InChI=1S/C30H31N3O3/c34-30(29-26(15-20-35-29)23-36-28-13-5-2-6-14-28)31-21-24-9-7-8-10-25(24)22-32-16-18-33(19-17-32)27-11-3-1-4-12-27/h1-15,20H,16-19,21-23H2,(H,31,34). The van der Waals surface area contributed by atoms with E-state index in [1.54, 1.807) is 6.07 Å². The minimum Gasteiger partial charge on any atom is -0.489 e. The molecule has 1 aromatic heterocycles. The van der Waals surface area contributed by atoms with Crippen molar-refractivity contribution in [1.29, 1.82) is 0 Å². The van der Waals surface area contributed by atoms with Crippen molar-refractivity contribution in [2.45, 2.75) is 19.7 Å². The van der Waals surface area contributed by atoms with Gasteiger partial charge in [-0.05, 0) is 41.5 Å². The summed E-state index contributed by atoms with van der Waals surface area (Å²) in [5.41, 5.74) is 4.36. The lowest BCUT2D eigenvalue weighted by Crippen LogP contribution is -2.46. The summed E-state index contributed by atoms with van der Waals surface area (Å²) >= 11 is 0. The summed E-state index contributed by atoms with van der Waals surface area (Å²) in [7, 11) is 0. The Kier molecular flexibility index (Phi) is 7.64. The van der Waals surface area contributed by atoms with Crippen LogP contribution < -0.4 is 15.0 Å². The van der Waals surface area contributed by atoms with Crippen LogP contribution >= 0.6 is 0 Å². The lowest BCUT2D eigenvalue weighted by molar-refractivity contribution is 0.0919. The molecule has 6 nitrogen and oxygen atoms in total. The van der Waals surface area contributed by atoms with Crippen molar-refractivity contribution in [1.82, 2.24) is 10.2 Å². The van der Waals surface area contributed by atoms with Crippen LogP contribution in [-0.2, 0) is 19.7 Å². The third-order valence-corrected chi connectivity index (χ3v) is 6.54. The van der Waals surface area contributed by atoms with Crippen LogP contribution in [0.15, 0.2) is 102 Å². The molecule has 0 aliphatic carbocycles. The van der Waals surface area contributed by atoms with E-state index in [1.807, 2.05) is 36.4 Å². The number of hydrogen-bond donors (Lipinski definition) is 1. The first kappa shape index (κ1) is 23.7. The number of piperazine rings is 1. The molecule has 1 N–H and O–H groups in total. The quantitative estimate of drug-likeness (QED) is 0.360. The van der Waals surface area contributed by atoms with Gasteiger partial charge < -0.3 is 19.4 Å². The maximum Gasteiger partial charge on any atom is 0.287 e. The zero-order chi connectivity index (χ0) is 24.6. The highest BCUT2D eigenvalue weighted by Gasteiger charge is 2.19. The van der Waals surface area contributed by atoms with E-state index in [-0.39, 0.29) is 12.5 Å². The molecule has 3 aromatic carbocycles. The number of rotatable bonds is 9. The molecule has 1 aliphatic heterocycles. The molecule has 1 saturated heterocycles. The number of benzene rings is 3. The van der Waals surface area contributed by atoms with E-state index in [4.69, 9.17) is 9.15 Å². The zero-order valence-corrected chi connectivity index (χ0v) is 20.3. The molecule has 184 valence electrons. The normalized spacial score (nSPS) is 13.9. The van der Waals surface area contributed by atoms with Gasteiger partial charge in [0.15, 0.2) is 5.76 Å². The molecule has 1 fully saturated rings. The Morgan fingerprint density at radius 2 is 1.44 bits per heavy atom. The number of furan rings is 1. The number of nitrogens with one attached hydrogen (secondary N) is 1. The molecule has 0 unspecified atom stereocenters. The minimum absolute atomic E-state index is 0.238. The molecule has 36 heavy (non-hydrogen) atoms. The zero-order valence-electron chi connectivity index (χ0n) is 20.3. The van der Waals surface area contributed by atoms with Gasteiger partial charge in [0.1, 0.15) is 12.4 Å². The van der Waals surface area contributed by atoms with Gasteiger partial charge in [0.05, 0.1) is 6.26 Å². The van der Waals surface area contributed by atoms with Gasteiger partial charge in [-0.3, -0.25) is 9.69 Å². The van der Waals surface area contributed by atoms with Crippen LogP contribution in [0.2, 0.25) is 0 Å². The molecule has 1 aliphatic rings. The maximum absolute atomic E-state index is 12.9. The smallest absolute Gasteiger partial charge is 0.287 e. The molecule has 5 rings (SSSR count). The van der Waals surface area contributed by atoms with E-state index < -0.39 is 0 Å². The monoisotopic (exact) mass is 481 g/mol. The predicted octanol–water partition coefficient (Wildman–Crippen LogP) is 5.11. The Bertz CT molecular complexity index is 1250. The van der Waals surface area contributed by atoms with Crippen LogP contribution in [0.3, 0.4) is 0 Å². The first-order valence-corrected chi connectivity index (χ1v) is 12.4. The summed E-state index contributed by atoms with van der Waals surface area (Å²) in [5, 5.41) is 3.03. The van der Waals surface area contributed by atoms with Crippen LogP contribution in [0.25, 0.3) is 0 Å². The summed E-state index contributed by atoms with van der Waals surface area (Å²) < 4.78 is 11.3. The van der Waals surface area contributed by atoms with Crippen molar-refractivity contribution < 1.29 is 13.9 Å². The molecule has 0 atom stereocenters. The topological polar surface area (TPSA) is 58.0 Å². The number of amides is 1. The highest BCUT2D eigenvalue weighted by Crippen LogP contribution is 2.19. The second-order valence-corrected chi connectivity index (χ2v) is 8.93. The van der Waals surface area contributed by atoms with Gasteiger partial charge in [-0.25, -0.2) is 0 Å². The number of para-hydroxylation sites is 2. The van der Waals surface area contributed by atoms with Crippen LogP contribution in [0.1, 0.15) is 27.2 Å². The first-order valence-electron chi connectivity index (χ1n) is 12.4. The van der Waals surface area contributed by atoms with Crippen molar-refractivity contribution in [3.8, 4) is 5.75 Å². The van der Waals surface area contributed by atoms with Crippen molar-refractivity contribution in [3.05, 3.63) is 120 Å². The van der Waals surface area contributed by atoms with E-state index in [0.717, 1.165) is 49.6 Å². The lowest BCUT2D eigenvalue weighted by atomic mass is 10.1. The number of carbonyl (C=O) groups excluding carboxylic acids is 1. The average molecular weight is 482 g/mol. The van der Waals surface area contributed by atoms with Crippen molar-refractivity contribution in [3.63, 3.8) is 0 Å². The van der Waals surface area contributed by atoms with Gasteiger partial charge in [-0.15, -0.1) is 0 Å². The molecule has 6 heteroatoms. The van der Waals surface area contributed by atoms with Gasteiger partial charge in [0.2, 0.25) is 0 Å². The molecule has 0 spiro atoms. The number of carbonyl (C=O) groups is 1. The van der Waals surface area contributed by atoms with Crippen molar-refractivity contribution in [2.24, 2.45) is 0 Å². The van der Waals surface area contributed by atoms with E-state index >= 15 is 0 Å². The van der Waals surface area contributed by atoms with Crippen LogP contribution in [0.5, 0.6) is 5.75 Å². The van der Waals surface area contributed by atoms with E-state index in [9.17, 15) is 4.79 Å². The second kappa shape index (κ2) is 11.6. The third kappa shape index (κ3) is 5.96. The minimum atomic E-state index is -0.238. The fourth-order valence-electron chi connectivity index (χ4n) is 4.51. The lowest BCUT2D eigenvalue weighted by Gasteiger charge is -2.36. The van der Waals surface area contributed by atoms with Gasteiger partial charge in [0.25, 0.3) is 5.91 Å². The maximum atomic E-state index is 12.9. The Labute approximate surface area is 212 Å². The van der Waals surface area contributed by atoms with E-state index in [0.29, 0.717) is 12.3 Å². The molecule has 4 aromatic rings.